The van der Waals surface area contributed by atoms with E-state index in [0.717, 1.165) is 0 Å². The molecule has 0 aliphatic carbocycles. The lowest BCUT2D eigenvalue weighted by molar-refractivity contribution is -0.140. The molecule has 1 saturated heterocycles. The Labute approximate surface area is 84.2 Å². The standard InChI is InChI=1S/C9H16O4S/c1-6-5-14(12,13)7(2)4-9(6,11)8(3)10/h6-7,11H,4-5H2,1-3H3/t6-,7+,9?/m1/s1. The molecule has 4 nitrogen and oxygen atoms in total. The number of carbonyl (C=O) groups excluding carboxylic acids is 1. The second kappa shape index (κ2) is 3.31. The number of aliphatic hydroxyl groups is 1. The number of hydrogen-bond donors (Lipinski definition) is 1. The summed E-state index contributed by atoms with van der Waals surface area (Å²) in [5.41, 5.74) is -1.45. The van der Waals surface area contributed by atoms with Crippen molar-refractivity contribution in [3.05, 3.63) is 0 Å². The van der Waals surface area contributed by atoms with Crippen LogP contribution in [0.25, 0.3) is 0 Å². The van der Waals surface area contributed by atoms with Gasteiger partial charge in [0.15, 0.2) is 15.6 Å². The Kier molecular flexibility index (Phi) is 2.75. The van der Waals surface area contributed by atoms with Crippen LogP contribution < -0.4 is 0 Å². The number of Topliss-reactive ketones (excluding diaryl/α,β-unsaturated/α-hetero) is 1. The van der Waals surface area contributed by atoms with E-state index in [1.807, 2.05) is 0 Å². The van der Waals surface area contributed by atoms with Crippen LogP contribution >= 0.6 is 0 Å². The molecule has 0 aromatic carbocycles. The van der Waals surface area contributed by atoms with Gasteiger partial charge in [0.25, 0.3) is 0 Å². The molecule has 3 atom stereocenters. The zero-order chi connectivity index (χ0) is 11.1. The average molecular weight is 220 g/mol. The van der Waals surface area contributed by atoms with Crippen LogP contribution in [0.1, 0.15) is 27.2 Å². The molecule has 5 heteroatoms. The first-order valence-corrected chi connectivity index (χ1v) is 6.36. The summed E-state index contributed by atoms with van der Waals surface area (Å²) in [4.78, 5) is 11.2. The fourth-order valence-corrected chi connectivity index (χ4v) is 3.72. The maximum absolute atomic E-state index is 11.5. The minimum absolute atomic E-state index is 0.0197. The predicted octanol–water partition coefficient (Wildman–Crippen LogP) is 0.150. The van der Waals surface area contributed by atoms with Crippen molar-refractivity contribution < 1.29 is 18.3 Å². The van der Waals surface area contributed by atoms with Gasteiger partial charge in [-0.15, -0.1) is 0 Å². The van der Waals surface area contributed by atoms with E-state index in [2.05, 4.69) is 0 Å². The highest BCUT2D eigenvalue weighted by Gasteiger charge is 2.48. The maximum atomic E-state index is 11.5. The van der Waals surface area contributed by atoms with E-state index < -0.39 is 26.6 Å². The lowest BCUT2D eigenvalue weighted by atomic mass is 9.82. The van der Waals surface area contributed by atoms with Gasteiger partial charge in [0.1, 0.15) is 5.60 Å². The van der Waals surface area contributed by atoms with Crippen LogP contribution in [-0.4, -0.2) is 35.9 Å². The van der Waals surface area contributed by atoms with Gasteiger partial charge in [0, 0.05) is 5.92 Å². The minimum Gasteiger partial charge on any atom is -0.382 e. The monoisotopic (exact) mass is 220 g/mol. The quantitative estimate of drug-likeness (QED) is 0.682. The van der Waals surface area contributed by atoms with Gasteiger partial charge < -0.3 is 5.11 Å². The third-order valence-corrected chi connectivity index (χ3v) is 5.48. The lowest BCUT2D eigenvalue weighted by Crippen LogP contribution is -2.54. The van der Waals surface area contributed by atoms with Gasteiger partial charge in [-0.1, -0.05) is 6.92 Å². The summed E-state index contributed by atoms with van der Waals surface area (Å²) >= 11 is 0. The first kappa shape index (κ1) is 11.7. The second-order valence-electron chi connectivity index (χ2n) is 4.23. The van der Waals surface area contributed by atoms with Crippen molar-refractivity contribution in [1.82, 2.24) is 0 Å². The number of carbonyl (C=O) groups is 1. The summed E-state index contributed by atoms with van der Waals surface area (Å²) in [7, 11) is -3.13. The summed E-state index contributed by atoms with van der Waals surface area (Å²) in [6.07, 6.45) is 0.0197. The van der Waals surface area contributed by atoms with E-state index in [1.54, 1.807) is 6.92 Å². The first-order chi connectivity index (χ1) is 6.20. The molecule has 82 valence electrons. The maximum Gasteiger partial charge on any atom is 0.161 e. The Balaban J connectivity index is 3.04. The molecule has 1 fully saturated rings. The average Bonchev–Trinajstić information content (AvgIpc) is 2.00. The summed E-state index contributed by atoms with van der Waals surface area (Å²) in [6, 6.07) is 0. The van der Waals surface area contributed by atoms with Crippen LogP contribution in [0.15, 0.2) is 0 Å². The van der Waals surface area contributed by atoms with Gasteiger partial charge in [-0.3, -0.25) is 4.79 Å². The van der Waals surface area contributed by atoms with Gasteiger partial charge in [-0.2, -0.15) is 0 Å². The topological polar surface area (TPSA) is 71.4 Å². The van der Waals surface area contributed by atoms with Crippen molar-refractivity contribution in [3.63, 3.8) is 0 Å². The molecule has 14 heavy (non-hydrogen) atoms. The van der Waals surface area contributed by atoms with Crippen molar-refractivity contribution in [2.45, 2.75) is 38.0 Å². The Morgan fingerprint density at radius 3 is 2.36 bits per heavy atom. The van der Waals surface area contributed by atoms with E-state index in [9.17, 15) is 18.3 Å². The van der Waals surface area contributed by atoms with Crippen molar-refractivity contribution >= 4 is 15.6 Å². The SMILES string of the molecule is CC(=O)C1(O)C[C@H](C)S(=O)(=O)C[C@H]1C. The molecule has 1 unspecified atom stereocenters. The largest absolute Gasteiger partial charge is 0.382 e. The molecule has 0 bridgehead atoms. The molecule has 0 saturated carbocycles. The Hall–Kier alpha value is -0.420. The fourth-order valence-electron chi connectivity index (χ4n) is 1.91. The normalized spacial score (nSPS) is 42.0. The number of ketones is 1. The highest BCUT2D eigenvalue weighted by atomic mass is 32.2. The summed E-state index contributed by atoms with van der Waals surface area (Å²) in [5, 5.41) is 9.37. The summed E-state index contributed by atoms with van der Waals surface area (Å²) < 4.78 is 23.0. The van der Waals surface area contributed by atoms with Gasteiger partial charge in [0.05, 0.1) is 11.0 Å². The van der Waals surface area contributed by atoms with Crippen LogP contribution in [-0.2, 0) is 14.6 Å². The Bertz CT molecular complexity index is 346. The third-order valence-electron chi connectivity index (χ3n) is 3.12. The lowest BCUT2D eigenvalue weighted by Gasteiger charge is -2.38. The van der Waals surface area contributed by atoms with Crippen molar-refractivity contribution in [3.8, 4) is 0 Å². The Morgan fingerprint density at radius 2 is 1.93 bits per heavy atom. The number of rotatable bonds is 1. The molecule has 0 aromatic heterocycles. The van der Waals surface area contributed by atoms with Gasteiger partial charge in [-0.25, -0.2) is 8.42 Å². The van der Waals surface area contributed by atoms with Crippen molar-refractivity contribution in [2.24, 2.45) is 5.92 Å². The molecule has 1 rings (SSSR count). The van der Waals surface area contributed by atoms with E-state index in [4.69, 9.17) is 0 Å². The molecule has 1 aliphatic rings. The number of sulfone groups is 1. The highest BCUT2D eigenvalue weighted by molar-refractivity contribution is 7.92. The number of hydrogen-bond acceptors (Lipinski definition) is 4. The molecule has 1 aliphatic heterocycles. The molecule has 0 radical (unpaired) electrons. The fraction of sp³-hybridized carbons (Fsp3) is 0.889. The van der Waals surface area contributed by atoms with Gasteiger partial charge >= 0.3 is 0 Å². The van der Waals surface area contributed by atoms with E-state index >= 15 is 0 Å². The first-order valence-electron chi connectivity index (χ1n) is 4.65. The summed E-state index contributed by atoms with van der Waals surface area (Å²) in [6.45, 7) is 4.45. The third kappa shape index (κ3) is 1.70. The minimum atomic E-state index is -3.13. The van der Waals surface area contributed by atoms with E-state index in [-0.39, 0.29) is 18.0 Å². The zero-order valence-electron chi connectivity index (χ0n) is 8.65. The molecule has 1 N–H and O–H groups in total. The second-order valence-corrected chi connectivity index (χ2v) is 6.69. The molecule has 0 amide bonds. The van der Waals surface area contributed by atoms with Crippen LogP contribution in [0.2, 0.25) is 0 Å². The van der Waals surface area contributed by atoms with Crippen LogP contribution in [0.5, 0.6) is 0 Å². The van der Waals surface area contributed by atoms with Crippen LogP contribution in [0, 0.1) is 5.92 Å². The van der Waals surface area contributed by atoms with Crippen LogP contribution in [0.4, 0.5) is 0 Å². The zero-order valence-corrected chi connectivity index (χ0v) is 9.47. The highest BCUT2D eigenvalue weighted by Crippen LogP contribution is 2.33. The van der Waals surface area contributed by atoms with Crippen molar-refractivity contribution in [1.29, 1.82) is 0 Å². The van der Waals surface area contributed by atoms with E-state index in [0.29, 0.717) is 0 Å². The van der Waals surface area contributed by atoms with E-state index in [1.165, 1.54) is 13.8 Å². The molecule has 0 spiro atoms. The molecular formula is C9H16O4S. The molecule has 0 aromatic rings. The van der Waals surface area contributed by atoms with Gasteiger partial charge in [-0.05, 0) is 20.3 Å². The Morgan fingerprint density at radius 1 is 1.43 bits per heavy atom. The van der Waals surface area contributed by atoms with Gasteiger partial charge in [0.2, 0.25) is 0 Å². The van der Waals surface area contributed by atoms with Crippen molar-refractivity contribution in [2.75, 3.05) is 5.75 Å². The molecular weight excluding hydrogens is 204 g/mol. The predicted molar refractivity (Wildman–Crippen MR) is 52.7 cm³/mol. The summed E-state index contributed by atoms with van der Waals surface area (Å²) in [5.74, 6) is -0.961. The molecule has 1 heterocycles. The smallest absolute Gasteiger partial charge is 0.161 e. The van der Waals surface area contributed by atoms with Crippen LogP contribution in [0.3, 0.4) is 0 Å².